The molecule has 1 aromatic rings. The van der Waals surface area contributed by atoms with Crippen LogP contribution in [0.1, 0.15) is 32.3 Å². The zero-order valence-corrected chi connectivity index (χ0v) is 11.2. The van der Waals surface area contributed by atoms with Crippen molar-refractivity contribution in [2.45, 2.75) is 33.6 Å². The van der Waals surface area contributed by atoms with E-state index >= 15 is 0 Å². The lowest BCUT2D eigenvalue weighted by molar-refractivity contribution is -0.125. The first kappa shape index (κ1) is 14.6. The first-order valence-corrected chi connectivity index (χ1v) is 6.26. The van der Waals surface area contributed by atoms with Crippen LogP contribution in [0.25, 0.3) is 0 Å². The molecule has 100 valence electrons. The molecular weight excluding hydrogens is 231 g/mol. The average molecular weight is 252 g/mol. The Labute approximate surface area is 108 Å². The average Bonchev–Trinajstić information content (AvgIpc) is 2.37. The van der Waals surface area contributed by atoms with Gasteiger partial charge in [0, 0.05) is 12.2 Å². The van der Waals surface area contributed by atoms with E-state index in [1.807, 2.05) is 13.8 Å². The number of anilines is 1. The van der Waals surface area contributed by atoms with E-state index in [0.29, 0.717) is 30.6 Å². The predicted octanol–water partition coefficient (Wildman–Crippen LogP) is 2.84. The molecule has 0 aromatic heterocycles. The largest absolute Gasteiger partial charge is 0.329 e. The van der Waals surface area contributed by atoms with Crippen molar-refractivity contribution < 1.29 is 9.18 Å². The molecule has 1 rings (SSSR count). The molecule has 0 spiro atoms. The summed E-state index contributed by atoms with van der Waals surface area (Å²) in [5.74, 6) is -0.370. The highest BCUT2D eigenvalue weighted by Crippen LogP contribution is 2.27. The van der Waals surface area contributed by atoms with Crippen molar-refractivity contribution in [2.24, 2.45) is 11.1 Å². The molecule has 0 atom stereocenters. The highest BCUT2D eigenvalue weighted by atomic mass is 19.1. The van der Waals surface area contributed by atoms with Crippen molar-refractivity contribution in [3.63, 3.8) is 0 Å². The van der Waals surface area contributed by atoms with Gasteiger partial charge in [0.1, 0.15) is 5.82 Å². The second-order valence-electron chi connectivity index (χ2n) is 4.61. The van der Waals surface area contributed by atoms with Crippen LogP contribution in [0, 0.1) is 18.2 Å². The van der Waals surface area contributed by atoms with E-state index in [-0.39, 0.29) is 11.7 Å². The zero-order valence-electron chi connectivity index (χ0n) is 11.2. The first-order valence-electron chi connectivity index (χ1n) is 6.26. The molecule has 0 fully saturated rings. The standard InChI is InChI=1S/C14H21FN2O/c1-4-14(5-2,9-16)13(18)17-11-6-7-12(15)10(3)8-11/h6-8H,4-5,9,16H2,1-3H3,(H,17,18). The van der Waals surface area contributed by atoms with Crippen LogP contribution < -0.4 is 11.1 Å². The minimum atomic E-state index is -0.539. The fourth-order valence-electron chi connectivity index (χ4n) is 1.94. The van der Waals surface area contributed by atoms with Gasteiger partial charge in [-0.05, 0) is 43.5 Å². The van der Waals surface area contributed by atoms with Crippen molar-refractivity contribution in [3.05, 3.63) is 29.6 Å². The molecule has 0 radical (unpaired) electrons. The predicted molar refractivity (Wildman–Crippen MR) is 71.8 cm³/mol. The van der Waals surface area contributed by atoms with Crippen molar-refractivity contribution in [3.8, 4) is 0 Å². The van der Waals surface area contributed by atoms with Gasteiger partial charge in [-0.25, -0.2) is 4.39 Å². The molecule has 1 aromatic carbocycles. The van der Waals surface area contributed by atoms with Crippen molar-refractivity contribution in [2.75, 3.05) is 11.9 Å². The topological polar surface area (TPSA) is 55.1 Å². The fourth-order valence-corrected chi connectivity index (χ4v) is 1.94. The third kappa shape index (κ3) is 2.88. The molecule has 0 saturated heterocycles. The number of aryl methyl sites for hydroxylation is 1. The number of hydrogen-bond acceptors (Lipinski definition) is 2. The van der Waals surface area contributed by atoms with Gasteiger partial charge in [0.2, 0.25) is 5.91 Å². The molecule has 0 heterocycles. The van der Waals surface area contributed by atoms with E-state index in [1.54, 1.807) is 19.1 Å². The normalized spacial score (nSPS) is 11.4. The van der Waals surface area contributed by atoms with E-state index in [0.717, 1.165) is 0 Å². The van der Waals surface area contributed by atoms with Crippen molar-refractivity contribution in [1.82, 2.24) is 0 Å². The Hall–Kier alpha value is -1.42. The first-order chi connectivity index (χ1) is 8.49. The van der Waals surface area contributed by atoms with E-state index < -0.39 is 5.41 Å². The van der Waals surface area contributed by atoms with Gasteiger partial charge >= 0.3 is 0 Å². The molecular formula is C14H21FN2O. The number of carbonyl (C=O) groups excluding carboxylic acids is 1. The summed E-state index contributed by atoms with van der Waals surface area (Å²) in [5, 5.41) is 2.82. The van der Waals surface area contributed by atoms with E-state index in [9.17, 15) is 9.18 Å². The second kappa shape index (κ2) is 5.96. The Morgan fingerprint density at radius 1 is 1.39 bits per heavy atom. The number of benzene rings is 1. The van der Waals surface area contributed by atoms with Gasteiger partial charge in [0.25, 0.3) is 0 Å². The summed E-state index contributed by atoms with van der Waals surface area (Å²) < 4.78 is 13.1. The molecule has 0 aliphatic heterocycles. The maximum absolute atomic E-state index is 13.1. The molecule has 1 amide bonds. The maximum atomic E-state index is 13.1. The quantitative estimate of drug-likeness (QED) is 0.846. The van der Waals surface area contributed by atoms with Gasteiger partial charge in [-0.3, -0.25) is 4.79 Å². The summed E-state index contributed by atoms with van der Waals surface area (Å²) in [6, 6.07) is 4.54. The number of halogens is 1. The molecule has 0 bridgehead atoms. The van der Waals surface area contributed by atoms with Gasteiger partial charge in [0.05, 0.1) is 5.41 Å². The van der Waals surface area contributed by atoms with Crippen LogP contribution in [0.3, 0.4) is 0 Å². The summed E-state index contributed by atoms with van der Waals surface area (Å²) >= 11 is 0. The van der Waals surface area contributed by atoms with Crippen molar-refractivity contribution in [1.29, 1.82) is 0 Å². The van der Waals surface area contributed by atoms with E-state index in [4.69, 9.17) is 5.73 Å². The lowest BCUT2D eigenvalue weighted by Crippen LogP contribution is -2.41. The van der Waals surface area contributed by atoms with Gasteiger partial charge in [-0.1, -0.05) is 13.8 Å². The van der Waals surface area contributed by atoms with E-state index in [1.165, 1.54) is 6.07 Å². The molecule has 0 aliphatic carbocycles. The molecule has 4 heteroatoms. The highest BCUT2D eigenvalue weighted by molar-refractivity contribution is 5.95. The number of amides is 1. The highest BCUT2D eigenvalue weighted by Gasteiger charge is 2.33. The fraction of sp³-hybridized carbons (Fsp3) is 0.500. The van der Waals surface area contributed by atoms with Crippen LogP contribution in [0.4, 0.5) is 10.1 Å². The summed E-state index contributed by atoms with van der Waals surface area (Å²) in [7, 11) is 0. The molecule has 18 heavy (non-hydrogen) atoms. The number of carbonyl (C=O) groups is 1. The SMILES string of the molecule is CCC(CC)(CN)C(=O)Nc1ccc(F)c(C)c1. The Balaban J connectivity index is 2.89. The Morgan fingerprint density at radius 2 is 2.00 bits per heavy atom. The monoisotopic (exact) mass is 252 g/mol. The summed E-state index contributed by atoms with van der Waals surface area (Å²) in [6.07, 6.45) is 1.37. The number of nitrogens with two attached hydrogens (primary N) is 1. The molecule has 0 aliphatic rings. The minimum Gasteiger partial charge on any atom is -0.329 e. The van der Waals surface area contributed by atoms with Crippen LogP contribution in [0.15, 0.2) is 18.2 Å². The second-order valence-corrected chi connectivity index (χ2v) is 4.61. The molecule has 0 saturated carbocycles. The molecule has 3 N–H and O–H groups in total. The van der Waals surface area contributed by atoms with Crippen LogP contribution >= 0.6 is 0 Å². The summed E-state index contributed by atoms with van der Waals surface area (Å²) in [5.41, 5.74) is 6.30. The zero-order chi connectivity index (χ0) is 13.8. The summed E-state index contributed by atoms with van der Waals surface area (Å²) in [4.78, 5) is 12.2. The Bertz CT molecular complexity index is 420. The van der Waals surface area contributed by atoms with E-state index in [2.05, 4.69) is 5.32 Å². The lowest BCUT2D eigenvalue weighted by atomic mass is 9.81. The third-order valence-corrected chi connectivity index (χ3v) is 3.64. The summed E-state index contributed by atoms with van der Waals surface area (Å²) in [6.45, 7) is 5.88. The van der Waals surface area contributed by atoms with Gasteiger partial charge in [0.15, 0.2) is 0 Å². The Kier molecular flexibility index (Phi) is 4.84. The number of nitrogens with one attached hydrogen (secondary N) is 1. The van der Waals surface area contributed by atoms with Crippen LogP contribution in [-0.2, 0) is 4.79 Å². The number of hydrogen-bond donors (Lipinski definition) is 2. The molecule has 0 unspecified atom stereocenters. The van der Waals surface area contributed by atoms with Crippen molar-refractivity contribution >= 4 is 11.6 Å². The van der Waals surface area contributed by atoms with Gasteiger partial charge in [-0.15, -0.1) is 0 Å². The smallest absolute Gasteiger partial charge is 0.231 e. The van der Waals surface area contributed by atoms with Crippen LogP contribution in [0.2, 0.25) is 0 Å². The Morgan fingerprint density at radius 3 is 2.44 bits per heavy atom. The van der Waals surface area contributed by atoms with Gasteiger partial charge in [-0.2, -0.15) is 0 Å². The molecule has 3 nitrogen and oxygen atoms in total. The minimum absolute atomic E-state index is 0.0963. The lowest BCUT2D eigenvalue weighted by Gasteiger charge is -2.28. The van der Waals surface area contributed by atoms with Crippen LogP contribution in [-0.4, -0.2) is 12.5 Å². The maximum Gasteiger partial charge on any atom is 0.231 e. The third-order valence-electron chi connectivity index (χ3n) is 3.64. The van der Waals surface area contributed by atoms with Crippen LogP contribution in [0.5, 0.6) is 0 Å². The van der Waals surface area contributed by atoms with Gasteiger partial charge < -0.3 is 11.1 Å². The number of rotatable bonds is 5.